The van der Waals surface area contributed by atoms with E-state index in [1.807, 2.05) is 49.7 Å². The van der Waals surface area contributed by atoms with Gasteiger partial charge in [-0.2, -0.15) is 5.26 Å². The number of fused-ring (bicyclic) bond motifs is 1. The minimum absolute atomic E-state index is 0.140. The molecule has 2 N–H and O–H groups in total. The van der Waals surface area contributed by atoms with Crippen LogP contribution < -0.4 is 15.4 Å². The van der Waals surface area contributed by atoms with Gasteiger partial charge >= 0.3 is 0 Å². The van der Waals surface area contributed by atoms with Crippen molar-refractivity contribution in [2.24, 2.45) is 18.9 Å². The Labute approximate surface area is 213 Å². The van der Waals surface area contributed by atoms with E-state index in [9.17, 15) is 14.9 Å². The molecule has 1 aromatic carbocycles. The second-order valence-corrected chi connectivity index (χ2v) is 10.5. The molecule has 2 amide bonds. The molecule has 3 atom stereocenters. The van der Waals surface area contributed by atoms with E-state index in [1.165, 1.54) is 0 Å². The van der Waals surface area contributed by atoms with E-state index in [0.717, 1.165) is 62.0 Å². The summed E-state index contributed by atoms with van der Waals surface area (Å²) in [6, 6.07) is 9.23. The zero-order valence-electron chi connectivity index (χ0n) is 21.6. The lowest BCUT2D eigenvalue weighted by atomic mass is 9.83. The monoisotopic (exact) mass is 494 g/mol. The highest BCUT2D eigenvalue weighted by atomic mass is 16.5. The number of hydrogen-bond acceptors (Lipinski definition) is 5. The van der Waals surface area contributed by atoms with Crippen molar-refractivity contribution in [2.45, 2.75) is 77.0 Å². The molecule has 2 aromatic rings. The van der Waals surface area contributed by atoms with Crippen molar-refractivity contribution < 1.29 is 19.1 Å². The summed E-state index contributed by atoms with van der Waals surface area (Å²) in [4.78, 5) is 26.4. The van der Waals surface area contributed by atoms with Crippen LogP contribution in [-0.4, -0.2) is 47.8 Å². The molecule has 8 nitrogen and oxygen atoms in total. The van der Waals surface area contributed by atoms with Gasteiger partial charge in [-0.3, -0.25) is 9.59 Å². The second kappa shape index (κ2) is 11.8. The molecule has 2 fully saturated rings. The van der Waals surface area contributed by atoms with Gasteiger partial charge in [0.2, 0.25) is 5.91 Å². The molecule has 0 radical (unpaired) electrons. The topological polar surface area (TPSA) is 105 Å². The van der Waals surface area contributed by atoms with Crippen molar-refractivity contribution >= 4 is 22.7 Å². The Morgan fingerprint density at radius 3 is 2.64 bits per heavy atom. The molecule has 1 saturated heterocycles. The van der Waals surface area contributed by atoms with Crippen LogP contribution in [0.2, 0.25) is 0 Å². The van der Waals surface area contributed by atoms with Crippen LogP contribution in [0.15, 0.2) is 24.3 Å². The van der Waals surface area contributed by atoms with Crippen LogP contribution in [-0.2, 0) is 16.6 Å². The fraction of sp³-hybridized carbons (Fsp3) is 0.607. The van der Waals surface area contributed by atoms with E-state index in [0.29, 0.717) is 24.5 Å². The third-order valence-electron chi connectivity index (χ3n) is 7.32. The van der Waals surface area contributed by atoms with E-state index < -0.39 is 6.04 Å². The fourth-order valence-electron chi connectivity index (χ4n) is 5.34. The van der Waals surface area contributed by atoms with E-state index >= 15 is 0 Å². The third kappa shape index (κ3) is 6.19. The molecule has 0 unspecified atom stereocenters. The zero-order valence-corrected chi connectivity index (χ0v) is 21.6. The number of carbonyl (C=O) groups excluding carboxylic acids is 2. The van der Waals surface area contributed by atoms with Crippen molar-refractivity contribution in [3.63, 3.8) is 0 Å². The Balaban J connectivity index is 1.45. The molecule has 2 heterocycles. The summed E-state index contributed by atoms with van der Waals surface area (Å²) < 4.78 is 13.4. The number of amides is 2. The lowest BCUT2D eigenvalue weighted by molar-refractivity contribution is -0.127. The second-order valence-electron chi connectivity index (χ2n) is 10.5. The number of nitrogens with zero attached hydrogens (tertiary/aromatic N) is 2. The summed E-state index contributed by atoms with van der Waals surface area (Å²) in [6.45, 7) is 5.50. The first-order chi connectivity index (χ1) is 17.4. The van der Waals surface area contributed by atoms with Gasteiger partial charge in [0, 0.05) is 37.4 Å². The smallest absolute Gasteiger partial charge is 0.268 e. The molecule has 1 aliphatic carbocycles. The zero-order chi connectivity index (χ0) is 25.7. The molecular formula is C28H38N4O4. The molecule has 194 valence electrons. The maximum Gasteiger partial charge on any atom is 0.268 e. The van der Waals surface area contributed by atoms with Crippen molar-refractivity contribution in [2.75, 3.05) is 13.2 Å². The van der Waals surface area contributed by atoms with E-state index in [1.54, 1.807) is 0 Å². The van der Waals surface area contributed by atoms with Crippen LogP contribution in [0, 0.1) is 23.2 Å². The highest BCUT2D eigenvalue weighted by molar-refractivity contribution is 5.99. The van der Waals surface area contributed by atoms with E-state index in [-0.39, 0.29) is 29.9 Å². The van der Waals surface area contributed by atoms with Gasteiger partial charge in [0.15, 0.2) is 0 Å². The van der Waals surface area contributed by atoms with Crippen LogP contribution in [0.4, 0.5) is 0 Å². The van der Waals surface area contributed by atoms with Crippen LogP contribution in [0.25, 0.3) is 10.9 Å². The average Bonchev–Trinajstić information content (AvgIpc) is 3.20. The molecule has 2 aliphatic rings. The Hall–Kier alpha value is -3.05. The SMILES string of the molecule is CC(C)C[C@@H](C#N)NC(=O)[C@@H]1CCCC[C@@H]1NC(=O)c1cc2ccc(OC3CCOCC3)cc2n1C. The van der Waals surface area contributed by atoms with Gasteiger partial charge in [-0.1, -0.05) is 26.7 Å². The van der Waals surface area contributed by atoms with Gasteiger partial charge in [-0.05, 0) is 43.4 Å². The Bertz CT molecular complexity index is 1110. The summed E-state index contributed by atoms with van der Waals surface area (Å²) in [5.41, 5.74) is 1.47. The number of aromatic nitrogens is 1. The largest absolute Gasteiger partial charge is 0.490 e. The van der Waals surface area contributed by atoms with Crippen LogP contribution in [0.3, 0.4) is 0 Å². The average molecular weight is 495 g/mol. The lowest BCUT2D eigenvalue weighted by Crippen LogP contribution is -2.50. The number of nitriles is 1. The van der Waals surface area contributed by atoms with Gasteiger partial charge in [0.05, 0.1) is 30.7 Å². The number of aryl methyl sites for hydroxylation is 1. The molecule has 36 heavy (non-hydrogen) atoms. The Morgan fingerprint density at radius 2 is 1.92 bits per heavy atom. The lowest BCUT2D eigenvalue weighted by Gasteiger charge is -2.32. The number of hydrogen-bond donors (Lipinski definition) is 2. The number of rotatable bonds is 8. The number of benzene rings is 1. The third-order valence-corrected chi connectivity index (χ3v) is 7.32. The number of ether oxygens (including phenoxy) is 2. The standard InChI is InChI=1S/C28H38N4O4/c1-18(2)14-20(17-29)30-27(33)23-6-4-5-7-24(23)31-28(34)26-15-19-8-9-22(16-25(19)32(26)3)36-21-10-12-35-13-11-21/h8-9,15-16,18,20-21,23-24H,4-7,10-14H2,1-3H3,(H,30,33)(H,31,34)/t20-,23+,24-/m0/s1. The Kier molecular flexibility index (Phi) is 8.52. The van der Waals surface area contributed by atoms with Crippen LogP contribution in [0.1, 0.15) is 69.3 Å². The molecule has 0 spiro atoms. The van der Waals surface area contributed by atoms with Crippen LogP contribution in [0.5, 0.6) is 5.75 Å². The van der Waals surface area contributed by atoms with Crippen molar-refractivity contribution in [1.29, 1.82) is 5.26 Å². The highest BCUT2D eigenvalue weighted by Crippen LogP contribution is 2.28. The van der Waals surface area contributed by atoms with Crippen LogP contribution >= 0.6 is 0 Å². The van der Waals surface area contributed by atoms with Crippen molar-refractivity contribution in [1.82, 2.24) is 15.2 Å². The van der Waals surface area contributed by atoms with E-state index in [2.05, 4.69) is 16.7 Å². The quantitative estimate of drug-likeness (QED) is 0.575. The summed E-state index contributed by atoms with van der Waals surface area (Å²) in [5, 5.41) is 16.4. The van der Waals surface area contributed by atoms with Crippen molar-refractivity contribution in [3.05, 3.63) is 30.0 Å². The highest BCUT2D eigenvalue weighted by Gasteiger charge is 2.33. The first-order valence-electron chi connectivity index (χ1n) is 13.2. The van der Waals surface area contributed by atoms with E-state index in [4.69, 9.17) is 9.47 Å². The molecule has 4 rings (SSSR count). The van der Waals surface area contributed by atoms with Crippen molar-refractivity contribution in [3.8, 4) is 11.8 Å². The fourth-order valence-corrected chi connectivity index (χ4v) is 5.34. The normalized spacial score (nSPS) is 21.6. The van der Waals surface area contributed by atoms with Gasteiger partial charge in [-0.25, -0.2) is 0 Å². The Morgan fingerprint density at radius 1 is 1.17 bits per heavy atom. The number of nitrogens with one attached hydrogen (secondary N) is 2. The van der Waals surface area contributed by atoms with Gasteiger partial charge in [0.25, 0.3) is 5.91 Å². The maximum absolute atomic E-state index is 13.3. The number of carbonyl (C=O) groups is 2. The van der Waals surface area contributed by atoms with Gasteiger partial charge < -0.3 is 24.7 Å². The predicted molar refractivity (Wildman–Crippen MR) is 138 cm³/mol. The van der Waals surface area contributed by atoms with Gasteiger partial charge in [0.1, 0.15) is 23.6 Å². The van der Waals surface area contributed by atoms with Gasteiger partial charge in [-0.15, -0.1) is 0 Å². The predicted octanol–water partition coefficient (Wildman–Crippen LogP) is 4.08. The first kappa shape index (κ1) is 26.0. The molecule has 0 bridgehead atoms. The minimum atomic E-state index is -0.508. The summed E-state index contributed by atoms with van der Waals surface area (Å²) >= 11 is 0. The molecule has 1 aliphatic heterocycles. The summed E-state index contributed by atoms with van der Waals surface area (Å²) in [5.74, 6) is 0.439. The summed E-state index contributed by atoms with van der Waals surface area (Å²) in [6.07, 6.45) is 5.87. The maximum atomic E-state index is 13.3. The molecule has 1 saturated carbocycles. The summed E-state index contributed by atoms with van der Waals surface area (Å²) in [7, 11) is 1.88. The molecule has 1 aromatic heterocycles. The first-order valence-corrected chi connectivity index (χ1v) is 13.2. The minimum Gasteiger partial charge on any atom is -0.490 e. The molecular weight excluding hydrogens is 456 g/mol. The molecule has 8 heteroatoms.